The van der Waals surface area contributed by atoms with Crippen LogP contribution in [-0.4, -0.2) is 47.9 Å². The summed E-state index contributed by atoms with van der Waals surface area (Å²) >= 11 is 0. The molecule has 7 N–H and O–H groups in total. The molecule has 0 radical (unpaired) electrons. The van der Waals surface area contributed by atoms with Gasteiger partial charge in [0.2, 0.25) is 0 Å². The van der Waals surface area contributed by atoms with E-state index in [-0.39, 0.29) is 6.42 Å². The Morgan fingerprint density at radius 1 is 1.18 bits per heavy atom. The highest BCUT2D eigenvalue weighted by molar-refractivity contribution is 7.66. The van der Waals surface area contributed by atoms with E-state index in [0.717, 1.165) is 16.8 Å². The van der Waals surface area contributed by atoms with Crippen LogP contribution >= 0.6 is 23.5 Å². The van der Waals surface area contributed by atoms with Gasteiger partial charge in [-0.3, -0.25) is 18.9 Å². The van der Waals surface area contributed by atoms with E-state index in [0.29, 0.717) is 0 Å². The summed E-state index contributed by atoms with van der Waals surface area (Å²) in [7, 11) is -16.5. The Bertz CT molecular complexity index is 968. The molecule has 0 amide bonds. The summed E-state index contributed by atoms with van der Waals surface area (Å²) in [5.41, 5.74) is 4.38. The summed E-state index contributed by atoms with van der Waals surface area (Å²) in [6, 6.07) is 0.256. The molecule has 0 saturated carbocycles. The number of nitrogens with one attached hydrogen (secondary N) is 1. The third-order valence-electron chi connectivity index (χ3n) is 3.26. The summed E-state index contributed by atoms with van der Waals surface area (Å²) in [5, 5.41) is 0. The lowest BCUT2D eigenvalue weighted by Gasteiger charge is -2.19. The number of aromatic nitrogens is 2. The van der Waals surface area contributed by atoms with Crippen LogP contribution in [0.1, 0.15) is 12.6 Å². The molecule has 1 aliphatic heterocycles. The molecular weight excluding hydrogens is 451 g/mol. The zero-order valence-corrected chi connectivity index (χ0v) is 16.3. The minimum atomic E-state index is -5.64. The zero-order valence-electron chi connectivity index (χ0n) is 13.6. The maximum atomic E-state index is 11.7. The third-order valence-corrected chi connectivity index (χ3v) is 7.07. The number of hydrogen-bond donors (Lipinski definition) is 6. The van der Waals surface area contributed by atoms with Crippen molar-refractivity contribution in [2.24, 2.45) is 5.73 Å². The highest BCUT2D eigenvalue weighted by Crippen LogP contribution is 2.66. The molecule has 1 aromatic rings. The van der Waals surface area contributed by atoms with Gasteiger partial charge in [0.1, 0.15) is 6.23 Å². The molecule has 160 valence electrons. The minimum Gasteiger partial charge on any atom is -0.351 e. The van der Waals surface area contributed by atoms with Crippen molar-refractivity contribution in [3.05, 3.63) is 33.1 Å². The van der Waals surface area contributed by atoms with Gasteiger partial charge in [0.15, 0.2) is 0 Å². The summed E-state index contributed by atoms with van der Waals surface area (Å²) in [5.74, 6) is 0. The highest BCUT2D eigenvalue weighted by atomic mass is 31.3. The Labute approximate surface area is 155 Å². The van der Waals surface area contributed by atoms with Gasteiger partial charge in [0.05, 0.1) is 12.7 Å². The monoisotopic (exact) mass is 467 g/mol. The lowest BCUT2D eigenvalue weighted by molar-refractivity contribution is -0.0267. The molecule has 0 aromatic carbocycles. The van der Waals surface area contributed by atoms with Crippen LogP contribution in [0, 0.1) is 0 Å². The Kier molecular flexibility index (Phi) is 6.99. The molecule has 1 fully saturated rings. The van der Waals surface area contributed by atoms with Gasteiger partial charge in [-0.1, -0.05) is 0 Å². The second kappa shape index (κ2) is 8.40. The van der Waals surface area contributed by atoms with Crippen molar-refractivity contribution in [3.63, 3.8) is 0 Å². The molecule has 0 bridgehead atoms. The van der Waals surface area contributed by atoms with Crippen LogP contribution in [0.3, 0.4) is 0 Å². The maximum Gasteiger partial charge on any atom is 0.490 e. The van der Waals surface area contributed by atoms with Crippen LogP contribution < -0.4 is 17.0 Å². The smallest absolute Gasteiger partial charge is 0.351 e. The molecule has 5 atom stereocenters. The molecule has 1 aromatic heterocycles. The molecule has 0 aliphatic carbocycles. The average molecular weight is 467 g/mol. The first-order valence-electron chi connectivity index (χ1n) is 7.18. The summed E-state index contributed by atoms with van der Waals surface area (Å²) < 4.78 is 51.5. The second-order valence-corrected chi connectivity index (χ2v) is 9.85. The third kappa shape index (κ3) is 6.81. The number of aromatic amines is 1. The van der Waals surface area contributed by atoms with E-state index >= 15 is 0 Å². The molecule has 5 unspecified atom stereocenters. The fraction of sp³-hybridized carbons (Fsp3) is 0.556. The largest absolute Gasteiger partial charge is 0.490 e. The van der Waals surface area contributed by atoms with Gasteiger partial charge < -0.3 is 30.0 Å². The predicted octanol–water partition coefficient (Wildman–Crippen LogP) is -1.51. The molecule has 16 nitrogen and oxygen atoms in total. The van der Waals surface area contributed by atoms with E-state index in [1.54, 1.807) is 0 Å². The van der Waals surface area contributed by atoms with Crippen molar-refractivity contribution >= 4 is 23.5 Å². The first-order valence-corrected chi connectivity index (χ1v) is 11.7. The molecule has 19 heteroatoms. The standard InChI is InChI=1S/C9H16N3O13P3/c10-5-3-8(12-2-1-7(13)11-9(12)14)23-6(5)4-22-27(18,19)25-28(20,21)24-26(15,16)17/h1-2,5-6,8H,3-4,10H2,(H,18,19)(H,20,21)(H,11,13,14)(H2,15,16,17). The Hall–Kier alpha value is -0.990. The van der Waals surface area contributed by atoms with Crippen LogP contribution in [0.15, 0.2) is 21.9 Å². The topological polar surface area (TPSA) is 250 Å². The van der Waals surface area contributed by atoms with Crippen molar-refractivity contribution in [3.8, 4) is 0 Å². The number of phosphoric acid groups is 3. The molecule has 28 heavy (non-hydrogen) atoms. The normalized spacial score (nSPS) is 27.2. The van der Waals surface area contributed by atoms with Gasteiger partial charge in [-0.2, -0.15) is 8.62 Å². The van der Waals surface area contributed by atoms with Crippen molar-refractivity contribution in [1.29, 1.82) is 0 Å². The van der Waals surface area contributed by atoms with E-state index in [9.17, 15) is 28.2 Å². The number of nitrogens with two attached hydrogens (primary N) is 1. The first kappa shape index (κ1) is 23.3. The van der Waals surface area contributed by atoms with E-state index in [1.807, 2.05) is 4.98 Å². The lowest BCUT2D eigenvalue weighted by atomic mass is 10.1. The summed E-state index contributed by atoms with van der Waals surface area (Å²) in [6.45, 7) is -0.751. The number of nitrogens with zero attached hydrogens (tertiary/aromatic N) is 1. The molecule has 0 spiro atoms. The Morgan fingerprint density at radius 2 is 1.82 bits per heavy atom. The number of H-pyrrole nitrogens is 1. The average Bonchev–Trinajstić information content (AvgIpc) is 2.82. The molecule has 2 heterocycles. The van der Waals surface area contributed by atoms with Crippen LogP contribution in [-0.2, 0) is 31.6 Å². The van der Waals surface area contributed by atoms with Gasteiger partial charge >= 0.3 is 29.2 Å². The van der Waals surface area contributed by atoms with Crippen molar-refractivity contribution in [1.82, 2.24) is 9.55 Å². The van der Waals surface area contributed by atoms with Gasteiger partial charge in [0, 0.05) is 24.7 Å². The molecule has 1 aliphatic rings. The Balaban J connectivity index is 1.99. The zero-order chi connectivity index (χ0) is 21.3. The number of hydrogen-bond acceptors (Lipinski definition) is 10. The quantitative estimate of drug-likeness (QED) is 0.238. The van der Waals surface area contributed by atoms with Gasteiger partial charge in [-0.25, -0.2) is 18.5 Å². The predicted molar refractivity (Wildman–Crippen MR) is 87.6 cm³/mol. The van der Waals surface area contributed by atoms with Crippen LogP contribution in [0.2, 0.25) is 0 Å². The summed E-state index contributed by atoms with van der Waals surface area (Å²) in [6.07, 6.45) is -0.804. The van der Waals surface area contributed by atoms with Crippen molar-refractivity contribution < 1.29 is 51.2 Å². The van der Waals surface area contributed by atoms with E-state index in [2.05, 4.69) is 13.1 Å². The SMILES string of the molecule is NC1CC(n2ccc(=O)[nH]c2=O)OC1COP(=O)(O)OP(=O)(O)OP(=O)(O)O. The lowest BCUT2D eigenvalue weighted by Crippen LogP contribution is -2.33. The van der Waals surface area contributed by atoms with E-state index in [4.69, 9.17) is 25.2 Å². The first-order chi connectivity index (χ1) is 12.7. The van der Waals surface area contributed by atoms with Crippen LogP contribution in [0.5, 0.6) is 0 Å². The molecular formula is C9H16N3O13P3. The molecule has 2 rings (SSSR count). The van der Waals surface area contributed by atoms with Crippen molar-refractivity contribution in [2.75, 3.05) is 6.61 Å². The molecule has 1 saturated heterocycles. The van der Waals surface area contributed by atoms with Gasteiger partial charge in [-0.15, -0.1) is 0 Å². The fourth-order valence-corrected chi connectivity index (χ4v) is 5.24. The Morgan fingerprint density at radius 3 is 2.39 bits per heavy atom. The maximum absolute atomic E-state index is 11.7. The van der Waals surface area contributed by atoms with Crippen LogP contribution in [0.25, 0.3) is 0 Å². The number of phosphoric ester groups is 1. The van der Waals surface area contributed by atoms with Crippen LogP contribution in [0.4, 0.5) is 0 Å². The number of ether oxygens (including phenoxy) is 1. The van der Waals surface area contributed by atoms with Crippen molar-refractivity contribution in [2.45, 2.75) is 24.8 Å². The minimum absolute atomic E-state index is 0.0520. The van der Waals surface area contributed by atoms with Gasteiger partial charge in [0.25, 0.3) is 5.56 Å². The number of rotatable bonds is 8. The van der Waals surface area contributed by atoms with E-state index in [1.165, 1.54) is 0 Å². The fourth-order valence-electron chi connectivity index (χ4n) is 2.21. The van der Waals surface area contributed by atoms with Gasteiger partial charge in [-0.05, 0) is 0 Å². The summed E-state index contributed by atoms with van der Waals surface area (Å²) in [4.78, 5) is 60.2. The second-order valence-electron chi connectivity index (χ2n) is 5.43. The highest BCUT2D eigenvalue weighted by Gasteiger charge is 2.42. The van der Waals surface area contributed by atoms with E-state index < -0.39 is 59.7 Å².